The molecule has 0 saturated carbocycles. The lowest BCUT2D eigenvalue weighted by molar-refractivity contribution is -0.111. The molecule has 0 radical (unpaired) electrons. The maximum absolute atomic E-state index is 11.8. The van der Waals surface area contributed by atoms with Crippen LogP contribution in [0.1, 0.15) is 11.1 Å². The number of halogens is 2. The zero-order valence-corrected chi connectivity index (χ0v) is 12.7. The van der Waals surface area contributed by atoms with Crippen LogP contribution in [0.5, 0.6) is 5.75 Å². The Hall–Kier alpha value is -1.97. The molecule has 1 amide bonds. The summed E-state index contributed by atoms with van der Waals surface area (Å²) in [5.74, 6) is -0.339. The predicted octanol–water partition coefficient (Wildman–Crippen LogP) is 4.66. The van der Waals surface area contributed by atoms with Gasteiger partial charge >= 0.3 is 0 Å². The molecule has 0 atom stereocenters. The van der Waals surface area contributed by atoms with Crippen molar-refractivity contribution < 1.29 is 9.90 Å². The van der Waals surface area contributed by atoms with Crippen molar-refractivity contribution in [3.63, 3.8) is 0 Å². The molecule has 5 heteroatoms. The Balaban J connectivity index is 2.11. The maximum atomic E-state index is 11.8. The molecule has 0 saturated heterocycles. The lowest BCUT2D eigenvalue weighted by Crippen LogP contribution is -2.08. The third-order valence-electron chi connectivity index (χ3n) is 2.79. The summed E-state index contributed by atoms with van der Waals surface area (Å²) in [6.07, 6.45) is 2.93. The second-order valence-corrected chi connectivity index (χ2v) is 5.35. The number of nitrogens with one attached hydrogen (secondary N) is 1. The number of hydrogen-bond acceptors (Lipinski definition) is 2. The Labute approximate surface area is 132 Å². The lowest BCUT2D eigenvalue weighted by Gasteiger charge is -2.06. The Morgan fingerprint density at radius 2 is 1.95 bits per heavy atom. The van der Waals surface area contributed by atoms with E-state index in [2.05, 4.69) is 5.32 Å². The van der Waals surface area contributed by atoms with E-state index in [0.717, 1.165) is 5.56 Å². The molecule has 0 fully saturated rings. The molecular weight excluding hydrogens is 309 g/mol. The van der Waals surface area contributed by atoms with Gasteiger partial charge in [-0.3, -0.25) is 4.79 Å². The first-order valence-electron chi connectivity index (χ1n) is 6.19. The van der Waals surface area contributed by atoms with Gasteiger partial charge in [-0.2, -0.15) is 0 Å². The zero-order valence-electron chi connectivity index (χ0n) is 11.2. The molecular formula is C16H13Cl2NO2. The summed E-state index contributed by atoms with van der Waals surface area (Å²) in [6, 6.07) is 10.00. The SMILES string of the molecule is Cc1ccc(O)c(NC(=O)/C=C/c2ccc(Cl)cc2Cl)c1. The quantitative estimate of drug-likeness (QED) is 0.638. The van der Waals surface area contributed by atoms with Gasteiger partial charge in [0.1, 0.15) is 5.75 Å². The molecule has 108 valence electrons. The number of rotatable bonds is 3. The van der Waals surface area contributed by atoms with E-state index in [1.807, 2.05) is 6.92 Å². The minimum absolute atomic E-state index is 0.0203. The number of phenols is 1. The number of aromatic hydroxyl groups is 1. The summed E-state index contributed by atoms with van der Waals surface area (Å²) >= 11 is 11.8. The van der Waals surface area contributed by atoms with Gasteiger partial charge in [0.25, 0.3) is 0 Å². The number of phenolic OH excluding ortho intramolecular Hbond substituents is 1. The fraction of sp³-hybridized carbons (Fsp3) is 0.0625. The van der Waals surface area contributed by atoms with Crippen molar-refractivity contribution in [3.05, 3.63) is 63.6 Å². The van der Waals surface area contributed by atoms with Crippen LogP contribution in [0.4, 0.5) is 5.69 Å². The molecule has 2 N–H and O–H groups in total. The lowest BCUT2D eigenvalue weighted by atomic mass is 10.2. The van der Waals surface area contributed by atoms with Crippen molar-refractivity contribution in [2.24, 2.45) is 0 Å². The highest BCUT2D eigenvalue weighted by molar-refractivity contribution is 6.35. The molecule has 0 spiro atoms. The van der Waals surface area contributed by atoms with Gasteiger partial charge in [-0.15, -0.1) is 0 Å². The molecule has 0 bridgehead atoms. The van der Waals surface area contributed by atoms with E-state index in [1.165, 1.54) is 12.1 Å². The van der Waals surface area contributed by atoms with Gasteiger partial charge in [0, 0.05) is 16.1 Å². The van der Waals surface area contributed by atoms with Crippen LogP contribution in [-0.2, 0) is 4.79 Å². The molecule has 2 aromatic rings. The van der Waals surface area contributed by atoms with Crippen LogP contribution in [0.2, 0.25) is 10.0 Å². The van der Waals surface area contributed by atoms with Crippen LogP contribution in [0.3, 0.4) is 0 Å². The van der Waals surface area contributed by atoms with Crippen molar-refractivity contribution in [1.29, 1.82) is 0 Å². The predicted molar refractivity (Wildman–Crippen MR) is 87.0 cm³/mol. The van der Waals surface area contributed by atoms with Crippen molar-refractivity contribution in [1.82, 2.24) is 0 Å². The van der Waals surface area contributed by atoms with Crippen LogP contribution >= 0.6 is 23.2 Å². The normalized spacial score (nSPS) is 10.8. The third-order valence-corrected chi connectivity index (χ3v) is 3.35. The highest BCUT2D eigenvalue weighted by atomic mass is 35.5. The Morgan fingerprint density at radius 3 is 2.67 bits per heavy atom. The highest BCUT2D eigenvalue weighted by Gasteiger charge is 2.04. The summed E-state index contributed by atoms with van der Waals surface area (Å²) in [7, 11) is 0. The minimum Gasteiger partial charge on any atom is -0.506 e. The smallest absolute Gasteiger partial charge is 0.248 e. The largest absolute Gasteiger partial charge is 0.506 e. The first-order valence-corrected chi connectivity index (χ1v) is 6.95. The van der Waals surface area contributed by atoms with E-state index in [0.29, 0.717) is 21.3 Å². The fourth-order valence-corrected chi connectivity index (χ4v) is 2.20. The first kappa shape index (κ1) is 15.4. The molecule has 0 aliphatic heterocycles. The molecule has 2 aromatic carbocycles. The second-order valence-electron chi connectivity index (χ2n) is 4.51. The average Bonchev–Trinajstić information content (AvgIpc) is 2.42. The van der Waals surface area contributed by atoms with Crippen molar-refractivity contribution in [2.45, 2.75) is 6.92 Å². The van der Waals surface area contributed by atoms with E-state index in [4.69, 9.17) is 23.2 Å². The molecule has 0 aliphatic carbocycles. The van der Waals surface area contributed by atoms with E-state index in [-0.39, 0.29) is 11.7 Å². The summed E-state index contributed by atoms with van der Waals surface area (Å²) in [5, 5.41) is 13.3. The zero-order chi connectivity index (χ0) is 15.4. The number of benzene rings is 2. The summed E-state index contributed by atoms with van der Waals surface area (Å²) in [5.41, 5.74) is 1.99. The maximum Gasteiger partial charge on any atom is 0.248 e. The van der Waals surface area contributed by atoms with Crippen LogP contribution in [0.15, 0.2) is 42.5 Å². The third kappa shape index (κ3) is 4.25. The van der Waals surface area contributed by atoms with Gasteiger partial charge in [-0.1, -0.05) is 35.3 Å². The van der Waals surface area contributed by atoms with E-state index in [1.54, 1.807) is 36.4 Å². The second kappa shape index (κ2) is 6.66. The molecule has 3 nitrogen and oxygen atoms in total. The van der Waals surface area contributed by atoms with Crippen molar-refractivity contribution >= 4 is 40.9 Å². The van der Waals surface area contributed by atoms with Crippen molar-refractivity contribution in [3.8, 4) is 5.75 Å². The molecule has 21 heavy (non-hydrogen) atoms. The first-order chi connectivity index (χ1) is 9.95. The number of aryl methyl sites for hydroxylation is 1. The Morgan fingerprint density at radius 1 is 1.19 bits per heavy atom. The topological polar surface area (TPSA) is 49.3 Å². The van der Waals surface area contributed by atoms with E-state index in [9.17, 15) is 9.90 Å². The van der Waals surface area contributed by atoms with Gasteiger partial charge < -0.3 is 10.4 Å². The summed E-state index contributed by atoms with van der Waals surface area (Å²) in [4.78, 5) is 11.8. The molecule has 0 aromatic heterocycles. The number of carbonyl (C=O) groups is 1. The molecule has 0 unspecified atom stereocenters. The average molecular weight is 322 g/mol. The summed E-state index contributed by atoms with van der Waals surface area (Å²) < 4.78 is 0. The number of amides is 1. The standard InChI is InChI=1S/C16H13Cl2NO2/c1-10-2-6-15(20)14(8-10)19-16(21)7-4-11-3-5-12(17)9-13(11)18/h2-9,20H,1H3,(H,19,21)/b7-4+. The van der Waals surface area contributed by atoms with Crippen LogP contribution < -0.4 is 5.32 Å². The van der Waals surface area contributed by atoms with Crippen LogP contribution in [-0.4, -0.2) is 11.0 Å². The van der Waals surface area contributed by atoms with E-state index >= 15 is 0 Å². The molecule has 2 rings (SSSR count). The number of carbonyl (C=O) groups excluding carboxylic acids is 1. The minimum atomic E-state index is -0.359. The van der Waals surface area contributed by atoms with Crippen LogP contribution in [0, 0.1) is 6.92 Å². The molecule has 0 heterocycles. The fourth-order valence-electron chi connectivity index (χ4n) is 1.73. The monoisotopic (exact) mass is 321 g/mol. The van der Waals surface area contributed by atoms with Gasteiger partial charge in [0.2, 0.25) is 5.91 Å². The number of hydrogen-bond donors (Lipinski definition) is 2. The van der Waals surface area contributed by atoms with Gasteiger partial charge in [0.15, 0.2) is 0 Å². The number of anilines is 1. The van der Waals surface area contributed by atoms with Crippen LogP contribution in [0.25, 0.3) is 6.08 Å². The van der Waals surface area contributed by atoms with Gasteiger partial charge in [0.05, 0.1) is 5.69 Å². The summed E-state index contributed by atoms with van der Waals surface area (Å²) in [6.45, 7) is 1.87. The van der Waals surface area contributed by atoms with E-state index < -0.39 is 0 Å². The molecule has 0 aliphatic rings. The van der Waals surface area contributed by atoms with Crippen molar-refractivity contribution in [2.75, 3.05) is 5.32 Å². The van der Waals surface area contributed by atoms with Gasteiger partial charge in [-0.25, -0.2) is 0 Å². The highest BCUT2D eigenvalue weighted by Crippen LogP contribution is 2.24. The van der Waals surface area contributed by atoms with Gasteiger partial charge in [-0.05, 0) is 48.4 Å². The Bertz CT molecular complexity index is 711. The Kier molecular flexibility index (Phi) is 4.89.